The lowest BCUT2D eigenvalue weighted by Gasteiger charge is -2.07. The highest BCUT2D eigenvalue weighted by Gasteiger charge is 2.61. The summed E-state index contributed by atoms with van der Waals surface area (Å²) in [7, 11) is 3.28. The van der Waals surface area contributed by atoms with Gasteiger partial charge in [0.1, 0.15) is 11.5 Å². The second kappa shape index (κ2) is 4.41. The molecule has 0 spiro atoms. The number of ether oxygens (including phenoxy) is 2. The minimum Gasteiger partial charge on any atom is -0.497 e. The summed E-state index contributed by atoms with van der Waals surface area (Å²) in [5, 5.41) is 0. The van der Waals surface area contributed by atoms with Crippen LogP contribution in [-0.4, -0.2) is 14.2 Å². The first-order chi connectivity index (χ1) is 10.2. The van der Waals surface area contributed by atoms with Crippen LogP contribution in [0, 0.1) is 29.6 Å². The summed E-state index contributed by atoms with van der Waals surface area (Å²) in [6.45, 7) is 0. The molecule has 4 rings (SSSR count). The van der Waals surface area contributed by atoms with Crippen LogP contribution in [0.15, 0.2) is 36.4 Å². The van der Waals surface area contributed by atoms with Crippen molar-refractivity contribution in [2.45, 2.75) is 6.42 Å². The van der Waals surface area contributed by atoms with Crippen molar-refractivity contribution in [1.29, 1.82) is 0 Å². The lowest BCUT2D eigenvalue weighted by atomic mass is 10.0. The molecule has 0 amide bonds. The zero-order valence-electron chi connectivity index (χ0n) is 12.9. The number of fused-ring (bicyclic) bond motifs is 5. The summed E-state index contributed by atoms with van der Waals surface area (Å²) in [5.74, 6) is 5.21. The molecule has 2 saturated carbocycles. The van der Waals surface area contributed by atoms with E-state index in [0.717, 1.165) is 40.7 Å². The second-order valence-electron chi connectivity index (χ2n) is 6.09. The van der Waals surface area contributed by atoms with Crippen LogP contribution in [0.4, 0.5) is 0 Å². The minimum atomic E-state index is 0.589. The van der Waals surface area contributed by atoms with Crippen LogP contribution in [-0.2, 0) is 0 Å². The third kappa shape index (κ3) is 1.78. The fourth-order valence-electron chi connectivity index (χ4n) is 4.16. The Morgan fingerprint density at radius 2 is 1.65 bits per heavy atom. The lowest BCUT2D eigenvalue weighted by molar-refractivity contribution is 0.394. The predicted octanol–water partition coefficient (Wildman–Crippen LogP) is 3.79. The van der Waals surface area contributed by atoms with Crippen molar-refractivity contribution in [3.05, 3.63) is 42.0 Å². The summed E-state index contributed by atoms with van der Waals surface area (Å²) in [6, 6.07) is 6.25. The molecule has 2 bridgehead atoms. The predicted molar refractivity (Wildman–Crippen MR) is 79.8 cm³/mol. The normalized spacial score (nSPS) is 37.6. The van der Waals surface area contributed by atoms with Gasteiger partial charge >= 0.3 is 0 Å². The maximum atomic E-state index is 8.39. The number of allylic oxidation sites excluding steroid dienone is 3. The standard InChI is InChI=1S/C18H20O2/c1-19-14-7-11(8-15(10-14)20-2)3-6-16-17-12-4-5-13(9-12)18(16)17/h3-8,10,12-13,16-18H,9H2,1-2H3/b6-3+/t12-,13+,16?,17-,18+/i3D. The van der Waals surface area contributed by atoms with Gasteiger partial charge < -0.3 is 9.47 Å². The van der Waals surface area contributed by atoms with E-state index in [-0.39, 0.29) is 0 Å². The molecule has 1 aromatic rings. The van der Waals surface area contributed by atoms with Crippen LogP contribution in [0.5, 0.6) is 11.5 Å². The highest BCUT2D eigenvalue weighted by molar-refractivity contribution is 5.56. The topological polar surface area (TPSA) is 18.5 Å². The third-order valence-corrected chi connectivity index (χ3v) is 5.12. The van der Waals surface area contributed by atoms with Crippen molar-refractivity contribution in [2.75, 3.05) is 14.2 Å². The van der Waals surface area contributed by atoms with E-state index in [1.807, 2.05) is 18.2 Å². The first-order valence-corrected chi connectivity index (χ1v) is 7.31. The van der Waals surface area contributed by atoms with Crippen molar-refractivity contribution in [1.82, 2.24) is 0 Å². The van der Waals surface area contributed by atoms with E-state index in [2.05, 4.69) is 18.2 Å². The molecule has 0 radical (unpaired) electrons. The number of hydrogen-bond donors (Lipinski definition) is 0. The van der Waals surface area contributed by atoms with Crippen LogP contribution < -0.4 is 9.47 Å². The quantitative estimate of drug-likeness (QED) is 0.774. The molecular weight excluding hydrogens is 248 g/mol. The summed E-state index contributed by atoms with van der Waals surface area (Å²) in [6.07, 6.45) is 8.27. The largest absolute Gasteiger partial charge is 0.497 e. The van der Waals surface area contributed by atoms with Gasteiger partial charge in [0.05, 0.1) is 15.6 Å². The fourth-order valence-corrected chi connectivity index (χ4v) is 4.16. The van der Waals surface area contributed by atoms with E-state index < -0.39 is 0 Å². The van der Waals surface area contributed by atoms with Gasteiger partial charge in [-0.05, 0) is 53.7 Å². The summed E-state index contributed by atoms with van der Waals surface area (Å²) in [5.41, 5.74) is 0.872. The Morgan fingerprint density at radius 3 is 2.20 bits per heavy atom. The van der Waals surface area contributed by atoms with Crippen molar-refractivity contribution in [2.24, 2.45) is 29.6 Å². The average Bonchev–Trinajstić information content (AvgIpc) is 2.90. The first-order valence-electron chi connectivity index (χ1n) is 7.81. The zero-order chi connectivity index (χ0) is 14.6. The van der Waals surface area contributed by atoms with Crippen molar-refractivity contribution in [3.8, 4) is 11.5 Å². The van der Waals surface area contributed by atoms with Crippen molar-refractivity contribution >= 4 is 6.05 Å². The number of benzene rings is 1. The molecule has 1 unspecified atom stereocenters. The van der Waals surface area contributed by atoms with E-state index in [0.29, 0.717) is 12.0 Å². The monoisotopic (exact) mass is 269 g/mol. The Bertz CT molecular complexity index is 594. The maximum absolute atomic E-state index is 8.39. The summed E-state index contributed by atoms with van der Waals surface area (Å²) >= 11 is 0. The molecule has 0 heterocycles. The number of methoxy groups -OCH3 is 2. The van der Waals surface area contributed by atoms with Crippen LogP contribution in [0.3, 0.4) is 0 Å². The Balaban J connectivity index is 1.58. The SMILES string of the molecule is [2H]/C(=C\C1[C@@H]2[C@H]1[C@H]1C=C[C@@H]2C1)c1cc(OC)cc(OC)c1. The van der Waals surface area contributed by atoms with Crippen LogP contribution >= 0.6 is 0 Å². The molecule has 0 aromatic heterocycles. The molecule has 5 atom stereocenters. The van der Waals surface area contributed by atoms with Gasteiger partial charge in [-0.2, -0.15) is 0 Å². The molecule has 0 aliphatic heterocycles. The highest BCUT2D eigenvalue weighted by atomic mass is 16.5. The minimum absolute atomic E-state index is 0.589. The zero-order valence-corrected chi connectivity index (χ0v) is 11.9. The molecule has 3 aliphatic carbocycles. The molecule has 0 saturated heterocycles. The molecule has 2 nitrogen and oxygen atoms in total. The van der Waals surface area contributed by atoms with E-state index >= 15 is 0 Å². The van der Waals surface area contributed by atoms with E-state index in [4.69, 9.17) is 10.8 Å². The highest BCUT2D eigenvalue weighted by Crippen LogP contribution is 2.67. The Labute approximate surface area is 121 Å². The molecule has 2 fully saturated rings. The second-order valence-corrected chi connectivity index (χ2v) is 6.09. The van der Waals surface area contributed by atoms with E-state index in [1.54, 1.807) is 14.2 Å². The molecular formula is C18H20O2. The van der Waals surface area contributed by atoms with E-state index in [1.165, 1.54) is 6.42 Å². The van der Waals surface area contributed by atoms with Crippen LogP contribution in [0.25, 0.3) is 6.05 Å². The van der Waals surface area contributed by atoms with Gasteiger partial charge in [0.2, 0.25) is 0 Å². The number of hydrogen-bond acceptors (Lipinski definition) is 2. The Kier molecular flexibility index (Phi) is 2.43. The smallest absolute Gasteiger partial charge is 0.123 e. The average molecular weight is 269 g/mol. The van der Waals surface area contributed by atoms with Crippen LogP contribution in [0.2, 0.25) is 0 Å². The Morgan fingerprint density at radius 1 is 1.05 bits per heavy atom. The first kappa shape index (κ1) is 11.0. The van der Waals surface area contributed by atoms with Crippen molar-refractivity contribution < 1.29 is 10.8 Å². The molecule has 3 aliphatic rings. The van der Waals surface area contributed by atoms with Gasteiger partial charge in [0.15, 0.2) is 0 Å². The van der Waals surface area contributed by atoms with E-state index in [9.17, 15) is 0 Å². The van der Waals surface area contributed by atoms with Crippen molar-refractivity contribution in [3.63, 3.8) is 0 Å². The van der Waals surface area contributed by atoms with Gasteiger partial charge in [-0.1, -0.05) is 24.3 Å². The molecule has 20 heavy (non-hydrogen) atoms. The van der Waals surface area contributed by atoms with Gasteiger partial charge in [-0.15, -0.1) is 0 Å². The number of rotatable bonds is 4. The summed E-state index contributed by atoms with van der Waals surface area (Å²) in [4.78, 5) is 0. The van der Waals surface area contributed by atoms with Gasteiger partial charge in [-0.25, -0.2) is 0 Å². The van der Waals surface area contributed by atoms with Gasteiger partial charge in [0, 0.05) is 6.07 Å². The Hall–Kier alpha value is -1.70. The van der Waals surface area contributed by atoms with Crippen LogP contribution in [0.1, 0.15) is 13.4 Å². The lowest BCUT2D eigenvalue weighted by Crippen LogP contribution is -1.96. The molecule has 104 valence electrons. The third-order valence-electron chi connectivity index (χ3n) is 5.12. The molecule has 0 N–H and O–H groups in total. The fraction of sp³-hybridized carbons (Fsp3) is 0.444. The summed E-state index contributed by atoms with van der Waals surface area (Å²) < 4.78 is 19.0. The maximum Gasteiger partial charge on any atom is 0.123 e. The molecule has 2 heteroatoms. The van der Waals surface area contributed by atoms with Gasteiger partial charge in [0.25, 0.3) is 0 Å². The van der Waals surface area contributed by atoms with Gasteiger partial charge in [-0.3, -0.25) is 0 Å². The molecule has 1 aromatic carbocycles.